The zero-order valence-electron chi connectivity index (χ0n) is 19.6. The van der Waals surface area contributed by atoms with Crippen molar-refractivity contribution in [2.24, 2.45) is 0 Å². The molecule has 168 valence electrons. The average Bonchev–Trinajstić information content (AvgIpc) is 2.83. The number of rotatable bonds is 10. The molecule has 0 amide bonds. The van der Waals surface area contributed by atoms with Crippen molar-refractivity contribution in [3.05, 3.63) is 89.5 Å². The van der Waals surface area contributed by atoms with Crippen LogP contribution in [0.15, 0.2) is 72.8 Å². The summed E-state index contributed by atoms with van der Waals surface area (Å²) >= 11 is 0. The minimum absolute atomic E-state index is 0.0821. The highest BCUT2D eigenvalue weighted by Crippen LogP contribution is 2.33. The van der Waals surface area contributed by atoms with Gasteiger partial charge in [0.1, 0.15) is 5.75 Å². The van der Waals surface area contributed by atoms with E-state index in [1.54, 1.807) is 0 Å². The fourth-order valence-electron chi connectivity index (χ4n) is 4.09. The maximum Gasteiger partial charge on any atom is 0.343 e. The highest BCUT2D eigenvalue weighted by Gasteiger charge is 2.17. The van der Waals surface area contributed by atoms with Gasteiger partial charge < -0.3 is 9.47 Å². The number of para-hydroxylation sites is 1. The summed E-state index contributed by atoms with van der Waals surface area (Å²) in [5.74, 6) is 0.747. The first-order valence-electron chi connectivity index (χ1n) is 11.7. The predicted octanol–water partition coefficient (Wildman–Crippen LogP) is 7.96. The van der Waals surface area contributed by atoms with Gasteiger partial charge in [0, 0.05) is 6.61 Å². The standard InChI is InChI=1S/C29H34O3/c1-5-10-22(6-2)27-11-8-9-12-28(27)32-29(30)26-19-17-25(18-20-26)24-15-13-23(14-16-24)21(4)31-7-3/h8-9,11-22H,5-7,10H2,1-4H3. The van der Waals surface area contributed by atoms with Crippen molar-refractivity contribution < 1.29 is 14.3 Å². The molecule has 2 atom stereocenters. The first-order valence-corrected chi connectivity index (χ1v) is 11.7. The lowest BCUT2D eigenvalue weighted by molar-refractivity contribution is 0.0732. The fraction of sp³-hybridized carbons (Fsp3) is 0.345. The van der Waals surface area contributed by atoms with Crippen molar-refractivity contribution >= 4 is 5.97 Å². The van der Waals surface area contributed by atoms with Crippen LogP contribution in [-0.2, 0) is 4.74 Å². The Hall–Kier alpha value is -2.91. The third kappa shape index (κ3) is 5.86. The molecule has 3 rings (SSSR count). The summed E-state index contributed by atoms with van der Waals surface area (Å²) in [5, 5.41) is 0. The highest BCUT2D eigenvalue weighted by molar-refractivity contribution is 5.91. The van der Waals surface area contributed by atoms with E-state index < -0.39 is 0 Å². The lowest BCUT2D eigenvalue weighted by atomic mass is 9.91. The van der Waals surface area contributed by atoms with Gasteiger partial charge in [-0.1, -0.05) is 74.9 Å². The number of hydrogen-bond donors (Lipinski definition) is 0. The Kier molecular flexibility index (Phi) is 8.64. The summed E-state index contributed by atoms with van der Waals surface area (Å²) in [6.07, 6.45) is 3.30. The normalized spacial score (nSPS) is 12.9. The van der Waals surface area contributed by atoms with Crippen molar-refractivity contribution in [2.45, 2.75) is 59.0 Å². The van der Waals surface area contributed by atoms with Crippen LogP contribution in [0.5, 0.6) is 5.75 Å². The molecule has 0 bridgehead atoms. The second-order valence-corrected chi connectivity index (χ2v) is 8.12. The van der Waals surface area contributed by atoms with Crippen LogP contribution in [0.25, 0.3) is 11.1 Å². The Bertz CT molecular complexity index is 990. The van der Waals surface area contributed by atoms with Crippen LogP contribution in [0.4, 0.5) is 0 Å². The van der Waals surface area contributed by atoms with Gasteiger partial charge in [0.2, 0.25) is 0 Å². The quantitative estimate of drug-likeness (QED) is 0.242. The molecule has 0 radical (unpaired) electrons. The van der Waals surface area contributed by atoms with Crippen LogP contribution in [0.1, 0.15) is 80.5 Å². The number of benzene rings is 3. The van der Waals surface area contributed by atoms with E-state index in [1.807, 2.05) is 49.4 Å². The summed E-state index contributed by atoms with van der Waals surface area (Å²) in [7, 11) is 0. The van der Waals surface area contributed by atoms with E-state index in [2.05, 4.69) is 51.1 Å². The number of carbonyl (C=O) groups excluding carboxylic acids is 1. The lowest BCUT2D eigenvalue weighted by Gasteiger charge is -2.18. The molecule has 0 spiro atoms. The lowest BCUT2D eigenvalue weighted by Crippen LogP contribution is -2.11. The molecule has 32 heavy (non-hydrogen) atoms. The van der Waals surface area contributed by atoms with E-state index in [0.717, 1.165) is 41.5 Å². The van der Waals surface area contributed by atoms with Gasteiger partial charge in [0.05, 0.1) is 11.7 Å². The molecule has 0 heterocycles. The van der Waals surface area contributed by atoms with E-state index >= 15 is 0 Å². The first-order chi connectivity index (χ1) is 15.6. The summed E-state index contributed by atoms with van der Waals surface area (Å²) in [6, 6.07) is 23.9. The molecule has 0 aromatic heterocycles. The third-order valence-corrected chi connectivity index (χ3v) is 5.94. The average molecular weight is 431 g/mol. The SMILES string of the molecule is CCCC(CC)c1ccccc1OC(=O)c1ccc(-c2ccc(C(C)OCC)cc2)cc1. The van der Waals surface area contributed by atoms with Crippen LogP contribution < -0.4 is 4.74 Å². The summed E-state index contributed by atoms with van der Waals surface area (Å²) in [6.45, 7) is 9.13. The topological polar surface area (TPSA) is 35.5 Å². The molecule has 0 N–H and O–H groups in total. The number of ether oxygens (including phenoxy) is 2. The molecule has 0 aliphatic heterocycles. The van der Waals surface area contributed by atoms with E-state index in [9.17, 15) is 4.79 Å². The maximum absolute atomic E-state index is 12.8. The van der Waals surface area contributed by atoms with E-state index in [1.165, 1.54) is 0 Å². The second-order valence-electron chi connectivity index (χ2n) is 8.12. The second kappa shape index (κ2) is 11.6. The Balaban J connectivity index is 1.72. The molecule has 0 aliphatic rings. The number of carbonyl (C=O) groups is 1. The van der Waals surface area contributed by atoms with Crippen LogP contribution in [0, 0.1) is 0 Å². The van der Waals surface area contributed by atoms with Crippen molar-refractivity contribution in [2.75, 3.05) is 6.61 Å². The van der Waals surface area contributed by atoms with Gasteiger partial charge >= 0.3 is 5.97 Å². The maximum atomic E-state index is 12.8. The minimum Gasteiger partial charge on any atom is -0.423 e. The van der Waals surface area contributed by atoms with Gasteiger partial charge in [0.25, 0.3) is 0 Å². The highest BCUT2D eigenvalue weighted by atomic mass is 16.5. The van der Waals surface area contributed by atoms with Gasteiger partial charge in [-0.05, 0) is 73.1 Å². The van der Waals surface area contributed by atoms with E-state index in [-0.39, 0.29) is 12.1 Å². The Morgan fingerprint density at radius 2 is 1.47 bits per heavy atom. The van der Waals surface area contributed by atoms with Crippen molar-refractivity contribution in [1.82, 2.24) is 0 Å². The van der Waals surface area contributed by atoms with Gasteiger partial charge in [0.15, 0.2) is 0 Å². The number of esters is 1. The Labute approximate surface area is 192 Å². The van der Waals surface area contributed by atoms with Gasteiger partial charge in [-0.3, -0.25) is 0 Å². The largest absolute Gasteiger partial charge is 0.423 e. The molecule has 3 heteroatoms. The smallest absolute Gasteiger partial charge is 0.343 e. The van der Waals surface area contributed by atoms with Crippen LogP contribution in [0.3, 0.4) is 0 Å². The molecule has 3 aromatic rings. The minimum atomic E-state index is -0.323. The molecule has 0 saturated heterocycles. The molecular weight excluding hydrogens is 396 g/mol. The summed E-state index contributed by atoms with van der Waals surface area (Å²) in [5.41, 5.74) is 4.99. The predicted molar refractivity (Wildman–Crippen MR) is 131 cm³/mol. The third-order valence-electron chi connectivity index (χ3n) is 5.94. The molecule has 0 aliphatic carbocycles. The monoisotopic (exact) mass is 430 g/mol. The molecule has 3 nitrogen and oxygen atoms in total. The Morgan fingerprint density at radius 1 is 0.844 bits per heavy atom. The van der Waals surface area contributed by atoms with Crippen molar-refractivity contribution in [3.8, 4) is 16.9 Å². The van der Waals surface area contributed by atoms with Crippen molar-refractivity contribution in [1.29, 1.82) is 0 Å². The molecule has 0 fully saturated rings. The Morgan fingerprint density at radius 3 is 2.06 bits per heavy atom. The molecule has 3 aromatic carbocycles. The summed E-state index contributed by atoms with van der Waals surface area (Å²) in [4.78, 5) is 12.8. The van der Waals surface area contributed by atoms with Crippen LogP contribution in [-0.4, -0.2) is 12.6 Å². The zero-order chi connectivity index (χ0) is 22.9. The van der Waals surface area contributed by atoms with Gasteiger partial charge in [-0.25, -0.2) is 4.79 Å². The summed E-state index contributed by atoms with van der Waals surface area (Å²) < 4.78 is 11.5. The van der Waals surface area contributed by atoms with E-state index in [4.69, 9.17) is 9.47 Å². The van der Waals surface area contributed by atoms with Crippen LogP contribution in [0.2, 0.25) is 0 Å². The molecular formula is C29H34O3. The van der Waals surface area contributed by atoms with Gasteiger partial charge in [-0.2, -0.15) is 0 Å². The van der Waals surface area contributed by atoms with Crippen molar-refractivity contribution in [3.63, 3.8) is 0 Å². The van der Waals surface area contributed by atoms with E-state index in [0.29, 0.717) is 23.8 Å². The van der Waals surface area contributed by atoms with Crippen LogP contribution >= 0.6 is 0 Å². The zero-order valence-corrected chi connectivity index (χ0v) is 19.6. The molecule has 2 unspecified atom stereocenters. The number of hydrogen-bond acceptors (Lipinski definition) is 3. The fourth-order valence-corrected chi connectivity index (χ4v) is 4.09. The molecule has 0 saturated carbocycles. The van der Waals surface area contributed by atoms with Gasteiger partial charge in [-0.15, -0.1) is 0 Å². The first kappa shape index (κ1) is 23.7.